The van der Waals surface area contributed by atoms with Crippen LogP contribution in [0.4, 0.5) is 10.7 Å². The van der Waals surface area contributed by atoms with Crippen LogP contribution in [0, 0.1) is 5.92 Å². The maximum absolute atomic E-state index is 13.4. The summed E-state index contributed by atoms with van der Waals surface area (Å²) in [5.41, 5.74) is 2.31. The molecule has 9 heteroatoms. The highest BCUT2D eigenvalue weighted by Crippen LogP contribution is 2.41. The summed E-state index contributed by atoms with van der Waals surface area (Å²) in [4.78, 5) is 27.4. The fraction of sp³-hybridized carbons (Fsp3) is 0.348. The Bertz CT molecular complexity index is 1170. The third kappa shape index (κ3) is 4.70. The van der Waals surface area contributed by atoms with Gasteiger partial charge in [-0.3, -0.25) is 14.3 Å². The van der Waals surface area contributed by atoms with Crippen molar-refractivity contribution in [2.24, 2.45) is 5.92 Å². The number of carbonyl (C=O) groups excluding carboxylic acids is 2. The molecule has 1 aliphatic rings. The Labute approximate surface area is 200 Å². The smallest absolute Gasteiger partial charge is 0.276 e. The number of aromatic nitrogens is 2. The van der Waals surface area contributed by atoms with Crippen molar-refractivity contribution in [2.75, 3.05) is 10.6 Å². The number of hydrogen-bond acceptors (Lipinski definition) is 4. The second-order valence-corrected chi connectivity index (χ2v) is 9.76. The molecule has 168 valence electrons. The molecule has 0 saturated carbocycles. The predicted octanol–water partition coefficient (Wildman–Crippen LogP) is 6.29. The van der Waals surface area contributed by atoms with Crippen molar-refractivity contribution in [3.63, 3.8) is 0 Å². The van der Waals surface area contributed by atoms with Gasteiger partial charge in [-0.25, -0.2) is 0 Å². The van der Waals surface area contributed by atoms with Crippen molar-refractivity contribution in [2.45, 2.75) is 46.1 Å². The summed E-state index contributed by atoms with van der Waals surface area (Å²) in [6, 6.07) is 6.60. The van der Waals surface area contributed by atoms with Crippen LogP contribution in [0.25, 0.3) is 0 Å². The minimum Gasteiger partial charge on any atom is -0.321 e. The molecule has 2 N–H and O–H groups in total. The molecule has 0 radical (unpaired) electrons. The zero-order valence-corrected chi connectivity index (χ0v) is 20.2. The summed E-state index contributed by atoms with van der Waals surface area (Å²) in [6.45, 7) is 4.82. The molecule has 1 aromatic carbocycles. The average Bonchev–Trinajstić information content (AvgIpc) is 3.39. The number of nitrogens with zero attached hydrogens (tertiary/aromatic N) is 2. The first-order valence-corrected chi connectivity index (χ1v) is 12.2. The van der Waals surface area contributed by atoms with Crippen molar-refractivity contribution in [3.05, 3.63) is 62.2 Å². The maximum Gasteiger partial charge on any atom is 0.276 e. The predicted molar refractivity (Wildman–Crippen MR) is 130 cm³/mol. The molecule has 1 unspecified atom stereocenters. The quantitative estimate of drug-likeness (QED) is 0.426. The minimum atomic E-state index is -0.332. The van der Waals surface area contributed by atoms with E-state index in [4.69, 9.17) is 23.2 Å². The van der Waals surface area contributed by atoms with Gasteiger partial charge >= 0.3 is 0 Å². The SMILES string of the molecule is CCC1CCc2c(sc(NC(=O)c3ccn(CC)n3)c2C(=O)Nc2ccc(Cl)cc2Cl)C1. The zero-order chi connectivity index (χ0) is 22.8. The Hall–Kier alpha value is -2.35. The van der Waals surface area contributed by atoms with Crippen molar-refractivity contribution in [3.8, 4) is 0 Å². The number of rotatable bonds is 6. The number of amides is 2. The van der Waals surface area contributed by atoms with E-state index in [1.165, 1.54) is 11.3 Å². The van der Waals surface area contributed by atoms with Crippen molar-refractivity contribution in [1.29, 1.82) is 0 Å². The highest BCUT2D eigenvalue weighted by atomic mass is 35.5. The summed E-state index contributed by atoms with van der Waals surface area (Å²) in [6.07, 6.45) is 5.60. The topological polar surface area (TPSA) is 76.0 Å². The number of anilines is 2. The van der Waals surface area contributed by atoms with E-state index in [1.54, 1.807) is 35.1 Å². The third-order valence-electron chi connectivity index (χ3n) is 5.78. The minimum absolute atomic E-state index is 0.295. The zero-order valence-electron chi connectivity index (χ0n) is 17.9. The molecule has 0 bridgehead atoms. The van der Waals surface area contributed by atoms with Crippen LogP contribution in [0.2, 0.25) is 10.0 Å². The van der Waals surface area contributed by atoms with Gasteiger partial charge in [0.1, 0.15) is 5.00 Å². The van der Waals surface area contributed by atoms with Crippen LogP contribution in [0.15, 0.2) is 30.5 Å². The van der Waals surface area contributed by atoms with Gasteiger partial charge in [-0.05, 0) is 61.9 Å². The monoisotopic (exact) mass is 490 g/mol. The van der Waals surface area contributed by atoms with Crippen LogP contribution < -0.4 is 10.6 Å². The number of hydrogen-bond donors (Lipinski definition) is 2. The first kappa shape index (κ1) is 22.8. The number of nitrogens with one attached hydrogen (secondary N) is 2. The Morgan fingerprint density at radius 3 is 2.69 bits per heavy atom. The highest BCUT2D eigenvalue weighted by molar-refractivity contribution is 7.17. The van der Waals surface area contributed by atoms with E-state index in [2.05, 4.69) is 22.7 Å². The van der Waals surface area contributed by atoms with Gasteiger partial charge in [-0.2, -0.15) is 5.10 Å². The molecule has 0 aliphatic heterocycles. The van der Waals surface area contributed by atoms with E-state index in [-0.39, 0.29) is 11.8 Å². The van der Waals surface area contributed by atoms with E-state index >= 15 is 0 Å². The first-order chi connectivity index (χ1) is 15.4. The van der Waals surface area contributed by atoms with Gasteiger partial charge in [0, 0.05) is 22.6 Å². The summed E-state index contributed by atoms with van der Waals surface area (Å²) < 4.78 is 1.69. The van der Waals surface area contributed by atoms with Crippen LogP contribution in [-0.4, -0.2) is 21.6 Å². The molecule has 2 heterocycles. The number of benzene rings is 1. The Kier molecular flexibility index (Phi) is 6.88. The van der Waals surface area contributed by atoms with Crippen LogP contribution >= 0.6 is 34.5 Å². The number of carbonyl (C=O) groups is 2. The van der Waals surface area contributed by atoms with E-state index in [0.717, 1.165) is 36.1 Å². The molecule has 0 fully saturated rings. The normalized spacial score (nSPS) is 15.3. The fourth-order valence-corrected chi connectivity index (χ4v) is 5.74. The van der Waals surface area contributed by atoms with Gasteiger partial charge in [0.2, 0.25) is 0 Å². The van der Waals surface area contributed by atoms with Gasteiger partial charge in [-0.15, -0.1) is 11.3 Å². The van der Waals surface area contributed by atoms with Crippen molar-refractivity contribution >= 4 is 57.0 Å². The number of aryl methyl sites for hydroxylation is 1. The van der Waals surface area contributed by atoms with E-state index in [0.29, 0.717) is 44.5 Å². The summed E-state index contributed by atoms with van der Waals surface area (Å²) >= 11 is 13.7. The standard InChI is InChI=1S/C23H24Cl2N4O2S/c1-3-13-5-7-15-19(11-13)32-23(27-21(30)18-9-10-29(4-2)28-18)20(15)22(31)26-17-8-6-14(24)12-16(17)25/h6,8-10,12-13H,3-5,7,11H2,1-2H3,(H,26,31)(H,27,30). The van der Waals surface area contributed by atoms with Crippen molar-refractivity contribution < 1.29 is 9.59 Å². The van der Waals surface area contributed by atoms with E-state index in [1.807, 2.05) is 6.92 Å². The molecule has 3 aromatic rings. The summed E-state index contributed by atoms with van der Waals surface area (Å²) in [5, 5.41) is 11.5. The number of halogens is 2. The van der Waals surface area contributed by atoms with E-state index < -0.39 is 0 Å². The van der Waals surface area contributed by atoms with Gasteiger partial charge in [0.15, 0.2) is 5.69 Å². The summed E-state index contributed by atoms with van der Waals surface area (Å²) in [7, 11) is 0. The Morgan fingerprint density at radius 2 is 2.00 bits per heavy atom. The first-order valence-electron chi connectivity index (χ1n) is 10.6. The molecule has 2 amide bonds. The molecule has 32 heavy (non-hydrogen) atoms. The van der Waals surface area contributed by atoms with Gasteiger partial charge in [0.25, 0.3) is 11.8 Å². The van der Waals surface area contributed by atoms with Crippen molar-refractivity contribution in [1.82, 2.24) is 9.78 Å². The second-order valence-electron chi connectivity index (χ2n) is 7.81. The maximum atomic E-state index is 13.4. The molecule has 2 aromatic heterocycles. The van der Waals surface area contributed by atoms with Crippen LogP contribution in [0.5, 0.6) is 0 Å². The Balaban J connectivity index is 1.66. The summed E-state index contributed by atoms with van der Waals surface area (Å²) in [5.74, 6) is -0.0379. The van der Waals surface area contributed by atoms with Crippen LogP contribution in [-0.2, 0) is 19.4 Å². The third-order valence-corrected chi connectivity index (χ3v) is 7.49. The second kappa shape index (κ2) is 9.65. The van der Waals surface area contributed by atoms with Gasteiger partial charge in [-0.1, -0.05) is 36.5 Å². The number of thiophene rings is 1. The molecule has 0 saturated heterocycles. The lowest BCUT2D eigenvalue weighted by molar-refractivity contribution is 0.102. The molecule has 1 atom stereocenters. The molecular formula is C23H24Cl2N4O2S. The lowest BCUT2D eigenvalue weighted by Gasteiger charge is -2.21. The average molecular weight is 491 g/mol. The Morgan fingerprint density at radius 1 is 1.19 bits per heavy atom. The molecular weight excluding hydrogens is 467 g/mol. The fourth-order valence-electron chi connectivity index (χ4n) is 3.93. The van der Waals surface area contributed by atoms with Gasteiger partial charge in [0.05, 0.1) is 16.3 Å². The van der Waals surface area contributed by atoms with E-state index in [9.17, 15) is 9.59 Å². The van der Waals surface area contributed by atoms with Crippen LogP contribution in [0.3, 0.4) is 0 Å². The number of fused-ring (bicyclic) bond motifs is 1. The largest absolute Gasteiger partial charge is 0.321 e. The highest BCUT2D eigenvalue weighted by Gasteiger charge is 2.30. The lowest BCUT2D eigenvalue weighted by Crippen LogP contribution is -2.20. The van der Waals surface area contributed by atoms with Gasteiger partial charge < -0.3 is 10.6 Å². The molecule has 6 nitrogen and oxygen atoms in total. The molecule has 0 spiro atoms. The van der Waals surface area contributed by atoms with Crippen LogP contribution in [0.1, 0.15) is 58.0 Å². The molecule has 4 rings (SSSR count). The lowest BCUT2D eigenvalue weighted by atomic mass is 9.85. The molecule has 1 aliphatic carbocycles.